The summed E-state index contributed by atoms with van der Waals surface area (Å²) in [7, 11) is 0. The van der Waals surface area contributed by atoms with Crippen molar-refractivity contribution in [1.82, 2.24) is 0 Å². The lowest BCUT2D eigenvalue weighted by molar-refractivity contribution is 1.23. The van der Waals surface area contributed by atoms with Gasteiger partial charge >= 0.3 is 0 Å². The largest absolute Gasteiger partial charge is 0.276 e. The zero-order valence-corrected chi connectivity index (χ0v) is 13.8. The summed E-state index contributed by atoms with van der Waals surface area (Å²) in [6.07, 6.45) is 0. The molecule has 0 atom stereocenters. The summed E-state index contributed by atoms with van der Waals surface area (Å²) < 4.78 is 1.92. The summed E-state index contributed by atoms with van der Waals surface area (Å²) in [6, 6.07) is 16.5. The van der Waals surface area contributed by atoms with Crippen molar-refractivity contribution in [2.45, 2.75) is 0 Å². The van der Waals surface area contributed by atoms with Gasteiger partial charge in [-0.05, 0) is 48.5 Å². The van der Waals surface area contributed by atoms with Gasteiger partial charge in [0.25, 0.3) is 5.84 Å². The molecule has 0 fully saturated rings. The van der Waals surface area contributed by atoms with Crippen molar-refractivity contribution in [3.05, 3.63) is 57.5 Å². The van der Waals surface area contributed by atoms with Crippen LogP contribution in [0.1, 0.15) is 0 Å². The van der Waals surface area contributed by atoms with Gasteiger partial charge in [-0.25, -0.2) is 0 Å². The predicted octanol–water partition coefficient (Wildman–Crippen LogP) is 5.24. The molecule has 2 aromatic carbocycles. The number of anilines is 1. The topological polar surface area (TPSA) is 72.9 Å². The number of nitriles is 1. The van der Waals surface area contributed by atoms with E-state index < -0.39 is 0 Å². The molecule has 0 heterocycles. The van der Waals surface area contributed by atoms with Crippen LogP contribution in [0, 0.1) is 11.3 Å². The Morgan fingerprint density at radius 1 is 0.952 bits per heavy atom. The van der Waals surface area contributed by atoms with E-state index in [-0.39, 0.29) is 5.84 Å². The molecule has 0 aliphatic heterocycles. The molecule has 0 aliphatic carbocycles. The normalized spacial score (nSPS) is 11.4. The average molecular weight is 407 g/mol. The summed E-state index contributed by atoms with van der Waals surface area (Å²) in [5.41, 5.74) is 4.15. The van der Waals surface area contributed by atoms with Gasteiger partial charge in [-0.3, -0.25) is 5.43 Å². The molecule has 0 amide bonds. The van der Waals surface area contributed by atoms with Gasteiger partial charge in [-0.15, -0.1) is 15.3 Å². The highest BCUT2D eigenvalue weighted by atomic mass is 79.9. The molecule has 0 unspecified atom stereocenters. The number of hydrazone groups is 1. The maximum Gasteiger partial charge on any atom is 0.270 e. The predicted molar refractivity (Wildman–Crippen MR) is 89.5 cm³/mol. The smallest absolute Gasteiger partial charge is 0.270 e. The van der Waals surface area contributed by atoms with E-state index in [9.17, 15) is 0 Å². The highest BCUT2D eigenvalue weighted by molar-refractivity contribution is 9.10. The Morgan fingerprint density at radius 2 is 1.52 bits per heavy atom. The summed E-state index contributed by atoms with van der Waals surface area (Å²) in [5, 5.41) is 20.6. The van der Waals surface area contributed by atoms with Crippen molar-refractivity contribution in [2.24, 2.45) is 15.3 Å². The summed E-state index contributed by atoms with van der Waals surface area (Å²) >= 11 is 6.68. The summed E-state index contributed by atoms with van der Waals surface area (Å²) in [6.45, 7) is 0. The van der Waals surface area contributed by atoms with Crippen molar-refractivity contribution in [2.75, 3.05) is 5.43 Å². The minimum absolute atomic E-state index is 0.0548. The van der Waals surface area contributed by atoms with Crippen LogP contribution in [0.4, 0.5) is 11.4 Å². The van der Waals surface area contributed by atoms with Crippen molar-refractivity contribution in [1.29, 1.82) is 5.26 Å². The van der Waals surface area contributed by atoms with Crippen LogP contribution >= 0.6 is 31.9 Å². The molecule has 21 heavy (non-hydrogen) atoms. The number of halogens is 2. The van der Waals surface area contributed by atoms with Crippen LogP contribution in [0.2, 0.25) is 0 Å². The Kier molecular flexibility index (Phi) is 5.60. The van der Waals surface area contributed by atoms with Crippen LogP contribution in [0.15, 0.2) is 72.8 Å². The van der Waals surface area contributed by atoms with Crippen molar-refractivity contribution < 1.29 is 0 Å². The highest BCUT2D eigenvalue weighted by Crippen LogP contribution is 2.17. The van der Waals surface area contributed by atoms with Crippen LogP contribution in [0.5, 0.6) is 0 Å². The molecule has 0 aliphatic rings. The third kappa shape index (κ3) is 5.10. The number of nitrogens with one attached hydrogen (secondary N) is 1. The fraction of sp³-hybridized carbons (Fsp3) is 0. The molecule has 1 N–H and O–H groups in total. The zero-order chi connectivity index (χ0) is 15.1. The van der Waals surface area contributed by atoms with Crippen molar-refractivity contribution >= 4 is 49.1 Å². The Labute approximate surface area is 138 Å². The van der Waals surface area contributed by atoms with Gasteiger partial charge in [-0.2, -0.15) is 5.26 Å². The molecule has 0 radical (unpaired) electrons. The van der Waals surface area contributed by atoms with Crippen LogP contribution in [0.25, 0.3) is 0 Å². The van der Waals surface area contributed by atoms with Gasteiger partial charge < -0.3 is 0 Å². The molecular formula is C14H9Br2N5. The summed E-state index contributed by atoms with van der Waals surface area (Å²) in [5.74, 6) is -0.0548. The molecule has 2 rings (SSSR count). The molecular weight excluding hydrogens is 398 g/mol. The molecule has 0 saturated heterocycles. The minimum atomic E-state index is -0.0548. The second kappa shape index (κ2) is 7.67. The van der Waals surface area contributed by atoms with Gasteiger partial charge in [0, 0.05) is 8.95 Å². The second-order valence-electron chi connectivity index (χ2n) is 3.84. The third-order valence-corrected chi connectivity index (χ3v) is 3.38. The van der Waals surface area contributed by atoms with Crippen LogP contribution in [-0.4, -0.2) is 5.84 Å². The Morgan fingerprint density at radius 3 is 2.10 bits per heavy atom. The van der Waals surface area contributed by atoms with E-state index in [0.29, 0.717) is 5.69 Å². The fourth-order valence-electron chi connectivity index (χ4n) is 1.32. The van der Waals surface area contributed by atoms with Gasteiger partial charge in [0.05, 0.1) is 11.4 Å². The first kappa shape index (κ1) is 15.4. The molecule has 0 spiro atoms. The molecule has 5 nitrogen and oxygen atoms in total. The van der Waals surface area contributed by atoms with Crippen LogP contribution in [0.3, 0.4) is 0 Å². The zero-order valence-electron chi connectivity index (χ0n) is 10.7. The minimum Gasteiger partial charge on any atom is -0.276 e. The Balaban J connectivity index is 2.05. The van der Waals surface area contributed by atoms with Crippen LogP contribution in [-0.2, 0) is 0 Å². The van der Waals surface area contributed by atoms with E-state index in [1.807, 2.05) is 42.5 Å². The average Bonchev–Trinajstić information content (AvgIpc) is 2.51. The van der Waals surface area contributed by atoms with E-state index in [1.54, 1.807) is 12.1 Å². The molecule has 2 aromatic rings. The molecule has 0 saturated carbocycles. The lowest BCUT2D eigenvalue weighted by Crippen LogP contribution is -1.95. The van der Waals surface area contributed by atoms with Gasteiger partial charge in [0.2, 0.25) is 0 Å². The number of nitrogens with zero attached hydrogens (tertiary/aromatic N) is 4. The van der Waals surface area contributed by atoms with E-state index in [2.05, 4.69) is 52.6 Å². The van der Waals surface area contributed by atoms with Crippen molar-refractivity contribution in [3.63, 3.8) is 0 Å². The fourth-order valence-corrected chi connectivity index (χ4v) is 1.85. The van der Waals surface area contributed by atoms with E-state index in [0.717, 1.165) is 14.6 Å². The third-order valence-electron chi connectivity index (χ3n) is 2.32. The lowest BCUT2D eigenvalue weighted by atomic mass is 10.3. The van der Waals surface area contributed by atoms with Gasteiger partial charge in [0.1, 0.15) is 6.07 Å². The monoisotopic (exact) mass is 405 g/mol. The lowest BCUT2D eigenvalue weighted by Gasteiger charge is -1.99. The number of rotatable bonds is 3. The van der Waals surface area contributed by atoms with Crippen molar-refractivity contribution in [3.8, 4) is 6.07 Å². The van der Waals surface area contributed by atoms with E-state index >= 15 is 0 Å². The number of amidine groups is 1. The Hall–Kier alpha value is -2.04. The SMILES string of the molecule is N#C/C(N=Nc1ccc(Br)cc1)=N/Nc1ccc(Br)cc1. The quantitative estimate of drug-likeness (QED) is 0.327. The van der Waals surface area contributed by atoms with E-state index in [4.69, 9.17) is 5.26 Å². The second-order valence-corrected chi connectivity index (χ2v) is 5.67. The first-order valence-electron chi connectivity index (χ1n) is 5.84. The maximum atomic E-state index is 8.98. The summed E-state index contributed by atoms with van der Waals surface area (Å²) in [4.78, 5) is 0. The van der Waals surface area contributed by atoms with Gasteiger partial charge in [-0.1, -0.05) is 31.9 Å². The van der Waals surface area contributed by atoms with Gasteiger partial charge in [0.15, 0.2) is 0 Å². The first-order valence-corrected chi connectivity index (χ1v) is 7.42. The Bertz CT molecular complexity index is 700. The number of hydrogen-bond acceptors (Lipinski definition) is 4. The number of benzene rings is 2. The molecule has 7 heteroatoms. The number of azo groups is 1. The first-order chi connectivity index (χ1) is 10.2. The highest BCUT2D eigenvalue weighted by Gasteiger charge is 1.96. The molecule has 0 aromatic heterocycles. The maximum absolute atomic E-state index is 8.98. The number of hydrogen-bond donors (Lipinski definition) is 1. The standard InChI is InChI=1S/C14H9Br2N5/c15-10-1-5-12(6-2-10)18-20-14(9-17)21-19-13-7-3-11(16)4-8-13/h1-8,18H/b20-14-,21-19?. The molecule has 104 valence electrons. The van der Waals surface area contributed by atoms with Crippen LogP contribution < -0.4 is 5.43 Å². The molecule has 0 bridgehead atoms. The van der Waals surface area contributed by atoms with E-state index in [1.165, 1.54) is 0 Å².